The van der Waals surface area contributed by atoms with Crippen LogP contribution in [-0.2, 0) is 9.63 Å². The molecule has 2 unspecified atom stereocenters. The van der Waals surface area contributed by atoms with Crippen LogP contribution in [0.5, 0.6) is 0 Å². The summed E-state index contributed by atoms with van der Waals surface area (Å²) in [4.78, 5) is 15.8. The highest BCUT2D eigenvalue weighted by Crippen LogP contribution is 2.21. The van der Waals surface area contributed by atoms with Crippen molar-refractivity contribution in [2.75, 3.05) is 6.54 Å². The van der Waals surface area contributed by atoms with Gasteiger partial charge in [0.2, 0.25) is 0 Å². The van der Waals surface area contributed by atoms with E-state index in [1.54, 1.807) is 0 Å². The minimum atomic E-state index is -0.202. The van der Waals surface area contributed by atoms with Gasteiger partial charge in [0, 0.05) is 6.04 Å². The molecule has 2 aliphatic heterocycles. The third-order valence-corrected chi connectivity index (χ3v) is 2.48. The summed E-state index contributed by atoms with van der Waals surface area (Å²) in [5.74, 6) is -0.334. The molecule has 2 aliphatic rings. The number of oxime groups is 1. The molecule has 4 nitrogen and oxygen atoms in total. The van der Waals surface area contributed by atoms with Crippen LogP contribution in [0.2, 0.25) is 0 Å². The van der Waals surface area contributed by atoms with Crippen molar-refractivity contribution in [2.45, 2.75) is 25.8 Å². The van der Waals surface area contributed by atoms with Gasteiger partial charge in [0.1, 0.15) is 5.92 Å². The fraction of sp³-hybridized carbons (Fsp3) is 0.750. The lowest BCUT2D eigenvalue weighted by Gasteiger charge is -2.14. The average molecular weight is 168 g/mol. The van der Waals surface area contributed by atoms with Gasteiger partial charge in [-0.05, 0) is 26.3 Å². The van der Waals surface area contributed by atoms with Crippen LogP contribution in [0.1, 0.15) is 19.8 Å². The Balaban J connectivity index is 2.10. The first-order valence-corrected chi connectivity index (χ1v) is 4.28. The molecule has 0 spiro atoms. The van der Waals surface area contributed by atoms with E-state index in [0.29, 0.717) is 0 Å². The fourth-order valence-electron chi connectivity index (χ4n) is 1.85. The summed E-state index contributed by atoms with van der Waals surface area (Å²) in [6.07, 6.45) is 2.19. The maximum atomic E-state index is 11.2. The summed E-state index contributed by atoms with van der Waals surface area (Å²) in [6, 6.07) is 0.253. The Morgan fingerprint density at radius 1 is 1.67 bits per heavy atom. The maximum absolute atomic E-state index is 11.2. The molecule has 0 aromatic heterocycles. The molecule has 0 aliphatic carbocycles. The largest absolute Gasteiger partial charge is 0.345 e. The highest BCUT2D eigenvalue weighted by molar-refractivity contribution is 6.04. The zero-order valence-electron chi connectivity index (χ0n) is 7.04. The van der Waals surface area contributed by atoms with E-state index in [9.17, 15) is 4.79 Å². The van der Waals surface area contributed by atoms with Gasteiger partial charge in [0.15, 0.2) is 0 Å². The van der Waals surface area contributed by atoms with Crippen LogP contribution >= 0.6 is 0 Å². The van der Waals surface area contributed by atoms with Gasteiger partial charge in [-0.3, -0.25) is 0 Å². The minimum Gasteiger partial charge on any atom is -0.318 e. The first-order chi connectivity index (χ1) is 5.79. The second-order valence-corrected chi connectivity index (χ2v) is 3.32. The predicted molar refractivity (Wildman–Crippen MR) is 43.7 cm³/mol. The minimum absolute atomic E-state index is 0.132. The van der Waals surface area contributed by atoms with E-state index in [2.05, 4.69) is 15.3 Å². The number of nitrogens with one attached hydrogen (secondary N) is 1. The molecule has 2 atom stereocenters. The van der Waals surface area contributed by atoms with Crippen LogP contribution < -0.4 is 5.32 Å². The van der Waals surface area contributed by atoms with E-state index in [-0.39, 0.29) is 17.9 Å². The molecule has 4 heteroatoms. The Bertz CT molecular complexity index is 231. The molecular weight excluding hydrogens is 156 g/mol. The quantitative estimate of drug-likeness (QED) is 0.572. The smallest absolute Gasteiger partial charge is 0.318 e. The van der Waals surface area contributed by atoms with Crippen molar-refractivity contribution in [1.29, 1.82) is 0 Å². The Hall–Kier alpha value is -0.900. The second kappa shape index (κ2) is 2.86. The Morgan fingerprint density at radius 2 is 2.50 bits per heavy atom. The van der Waals surface area contributed by atoms with Crippen molar-refractivity contribution in [3.05, 3.63) is 0 Å². The normalized spacial score (nSPS) is 35.1. The van der Waals surface area contributed by atoms with Crippen molar-refractivity contribution in [3.63, 3.8) is 0 Å². The highest BCUT2D eigenvalue weighted by Gasteiger charge is 2.38. The van der Waals surface area contributed by atoms with Crippen LogP contribution in [0.3, 0.4) is 0 Å². The van der Waals surface area contributed by atoms with Gasteiger partial charge in [-0.15, -0.1) is 0 Å². The summed E-state index contributed by atoms with van der Waals surface area (Å²) in [7, 11) is 0. The van der Waals surface area contributed by atoms with E-state index in [1.165, 1.54) is 0 Å². The first kappa shape index (κ1) is 7.73. The molecule has 1 N–H and O–H groups in total. The molecule has 0 radical (unpaired) electrons. The van der Waals surface area contributed by atoms with Crippen LogP contribution in [0.15, 0.2) is 5.16 Å². The second-order valence-electron chi connectivity index (χ2n) is 3.32. The van der Waals surface area contributed by atoms with Crippen molar-refractivity contribution < 1.29 is 9.63 Å². The van der Waals surface area contributed by atoms with Gasteiger partial charge in [0.25, 0.3) is 0 Å². The van der Waals surface area contributed by atoms with Gasteiger partial charge in [-0.25, -0.2) is 4.79 Å². The summed E-state index contributed by atoms with van der Waals surface area (Å²) < 4.78 is 0. The summed E-state index contributed by atoms with van der Waals surface area (Å²) >= 11 is 0. The number of carbonyl (C=O) groups is 1. The Kier molecular flexibility index (Phi) is 1.84. The van der Waals surface area contributed by atoms with Crippen LogP contribution in [-0.4, -0.2) is 24.3 Å². The number of nitrogens with zero attached hydrogens (tertiary/aromatic N) is 1. The van der Waals surface area contributed by atoms with Gasteiger partial charge in [0.05, 0.1) is 5.71 Å². The number of hydrogen-bond donors (Lipinski definition) is 1. The van der Waals surface area contributed by atoms with Crippen LogP contribution in [0.25, 0.3) is 0 Å². The predicted octanol–water partition coefficient (Wildman–Crippen LogP) is 0.287. The van der Waals surface area contributed by atoms with Crippen molar-refractivity contribution in [3.8, 4) is 0 Å². The van der Waals surface area contributed by atoms with Crippen LogP contribution in [0, 0.1) is 5.92 Å². The average Bonchev–Trinajstić information content (AvgIpc) is 2.61. The van der Waals surface area contributed by atoms with Gasteiger partial charge < -0.3 is 10.2 Å². The Labute approximate surface area is 71.0 Å². The van der Waals surface area contributed by atoms with E-state index >= 15 is 0 Å². The number of hydrogen-bond acceptors (Lipinski definition) is 4. The standard InChI is InChI=1S/C8H12N2O2/c1-5-7(8(11)12-10-5)6-3-2-4-9-6/h6-7,9H,2-4H2,1H3. The molecule has 0 aromatic carbocycles. The van der Waals surface area contributed by atoms with Crippen molar-refractivity contribution >= 4 is 11.7 Å². The molecule has 0 aromatic rings. The molecule has 0 saturated carbocycles. The van der Waals surface area contributed by atoms with E-state index in [1.807, 2.05) is 6.92 Å². The Morgan fingerprint density at radius 3 is 3.00 bits per heavy atom. The first-order valence-electron chi connectivity index (χ1n) is 4.28. The SMILES string of the molecule is CC1=NOC(=O)C1C1CCCN1. The third kappa shape index (κ3) is 1.12. The van der Waals surface area contributed by atoms with Crippen LogP contribution in [0.4, 0.5) is 0 Å². The van der Waals surface area contributed by atoms with E-state index in [4.69, 9.17) is 0 Å². The molecule has 2 heterocycles. The molecule has 1 fully saturated rings. The molecule has 1 saturated heterocycles. The van der Waals surface area contributed by atoms with Gasteiger partial charge >= 0.3 is 5.97 Å². The molecule has 66 valence electrons. The monoisotopic (exact) mass is 168 g/mol. The fourth-order valence-corrected chi connectivity index (χ4v) is 1.85. The lowest BCUT2D eigenvalue weighted by molar-refractivity contribution is -0.144. The van der Waals surface area contributed by atoms with E-state index < -0.39 is 0 Å². The highest BCUT2D eigenvalue weighted by atomic mass is 16.7. The van der Waals surface area contributed by atoms with Crippen molar-refractivity contribution in [1.82, 2.24) is 5.32 Å². The van der Waals surface area contributed by atoms with Gasteiger partial charge in [-0.2, -0.15) is 0 Å². The topological polar surface area (TPSA) is 50.7 Å². The molecule has 0 bridgehead atoms. The zero-order valence-corrected chi connectivity index (χ0v) is 7.04. The lowest BCUT2D eigenvalue weighted by Crippen LogP contribution is -2.37. The summed E-state index contributed by atoms with van der Waals surface area (Å²) in [5, 5.41) is 6.95. The molecule has 12 heavy (non-hydrogen) atoms. The maximum Gasteiger partial charge on any atom is 0.345 e. The number of rotatable bonds is 1. The molecule has 0 amide bonds. The zero-order chi connectivity index (χ0) is 8.55. The van der Waals surface area contributed by atoms with E-state index in [0.717, 1.165) is 25.1 Å². The van der Waals surface area contributed by atoms with Gasteiger partial charge in [-0.1, -0.05) is 5.16 Å². The lowest BCUT2D eigenvalue weighted by atomic mass is 9.95. The molecular formula is C8H12N2O2. The number of carbonyl (C=O) groups excluding carboxylic acids is 1. The van der Waals surface area contributed by atoms with Crippen molar-refractivity contribution in [2.24, 2.45) is 11.1 Å². The third-order valence-electron chi connectivity index (χ3n) is 2.48. The molecule has 2 rings (SSSR count). The summed E-state index contributed by atoms with van der Waals surface area (Å²) in [6.45, 7) is 2.84. The summed E-state index contributed by atoms with van der Waals surface area (Å²) in [5.41, 5.74) is 0.805.